The van der Waals surface area contributed by atoms with E-state index in [1.54, 1.807) is 37.3 Å². The maximum Gasteiger partial charge on any atom is 0.269 e. The Morgan fingerprint density at radius 1 is 1.13 bits per heavy atom. The molecule has 3 amide bonds. The first-order valence-corrected chi connectivity index (χ1v) is 11.4. The molecular weight excluding hydrogens is 442 g/mol. The molecule has 1 atom stereocenters. The summed E-state index contributed by atoms with van der Waals surface area (Å²) in [6, 6.07) is 12.0. The van der Waals surface area contributed by atoms with Crippen LogP contribution in [0, 0.1) is 0 Å². The molecule has 0 unspecified atom stereocenters. The molecule has 0 spiro atoms. The number of hydrogen-bond acceptors (Lipinski definition) is 5. The number of carbonyl (C=O) groups is 3. The van der Waals surface area contributed by atoms with Crippen LogP contribution < -0.4 is 5.32 Å². The molecule has 1 aliphatic rings. The van der Waals surface area contributed by atoms with Crippen LogP contribution in [0.5, 0.6) is 0 Å². The van der Waals surface area contributed by atoms with Crippen LogP contribution in [-0.2, 0) is 26.2 Å². The maximum atomic E-state index is 13.0. The SMILES string of the molecule is CNC(=O)[C@H](C)N(Cc1ccccc1Cl)C(=O)CCN1C(=O)c2ccccc2S1(=O)=O. The van der Waals surface area contributed by atoms with Crippen LogP contribution in [0.4, 0.5) is 0 Å². The summed E-state index contributed by atoms with van der Waals surface area (Å²) in [7, 11) is -2.55. The fraction of sp³-hybridized carbons (Fsp3) is 0.286. The molecule has 3 rings (SSSR count). The number of amides is 3. The van der Waals surface area contributed by atoms with Gasteiger partial charge in [-0.05, 0) is 30.7 Å². The lowest BCUT2D eigenvalue weighted by molar-refractivity contribution is -0.140. The van der Waals surface area contributed by atoms with E-state index in [-0.39, 0.29) is 35.9 Å². The fourth-order valence-corrected chi connectivity index (χ4v) is 5.16. The van der Waals surface area contributed by atoms with Gasteiger partial charge in [0.15, 0.2) is 0 Å². The van der Waals surface area contributed by atoms with Gasteiger partial charge in [-0.1, -0.05) is 41.9 Å². The molecule has 0 aliphatic carbocycles. The van der Waals surface area contributed by atoms with Gasteiger partial charge in [0.1, 0.15) is 10.9 Å². The molecule has 2 aromatic rings. The van der Waals surface area contributed by atoms with Gasteiger partial charge in [-0.15, -0.1) is 0 Å². The zero-order valence-corrected chi connectivity index (χ0v) is 18.6. The smallest absolute Gasteiger partial charge is 0.269 e. The Hall–Kier alpha value is -2.91. The first-order valence-electron chi connectivity index (χ1n) is 9.59. The van der Waals surface area contributed by atoms with Crippen LogP contribution in [0.1, 0.15) is 29.3 Å². The monoisotopic (exact) mass is 463 g/mol. The van der Waals surface area contributed by atoms with Gasteiger partial charge < -0.3 is 10.2 Å². The van der Waals surface area contributed by atoms with E-state index in [4.69, 9.17) is 11.6 Å². The highest BCUT2D eigenvalue weighted by Gasteiger charge is 2.41. The van der Waals surface area contributed by atoms with Crippen LogP contribution in [0.25, 0.3) is 0 Å². The number of hydrogen-bond donors (Lipinski definition) is 1. The van der Waals surface area contributed by atoms with Gasteiger partial charge in [0.05, 0.1) is 5.56 Å². The van der Waals surface area contributed by atoms with Crippen LogP contribution >= 0.6 is 11.6 Å². The van der Waals surface area contributed by atoms with Crippen molar-refractivity contribution in [2.24, 2.45) is 0 Å². The van der Waals surface area contributed by atoms with Gasteiger partial charge in [-0.3, -0.25) is 14.4 Å². The standard InChI is InChI=1S/C21H22ClN3O5S/c1-14(20(27)23-2)24(13-15-7-3-5-9-17(15)22)19(26)11-12-25-21(28)16-8-4-6-10-18(16)31(25,29)30/h3-10,14H,11-13H2,1-2H3,(H,23,27)/t14-/m0/s1. The normalized spacial score (nSPS) is 15.3. The Morgan fingerprint density at radius 2 is 1.77 bits per heavy atom. The lowest BCUT2D eigenvalue weighted by Gasteiger charge is -2.29. The average molecular weight is 464 g/mol. The summed E-state index contributed by atoms with van der Waals surface area (Å²) in [5, 5.41) is 2.95. The molecule has 8 nitrogen and oxygen atoms in total. The number of benzene rings is 2. The van der Waals surface area contributed by atoms with E-state index < -0.39 is 27.9 Å². The second-order valence-corrected chi connectivity index (χ2v) is 9.27. The summed E-state index contributed by atoms with van der Waals surface area (Å²) in [5.74, 6) is -1.52. The number of sulfonamides is 1. The zero-order chi connectivity index (χ0) is 22.8. The van der Waals surface area contributed by atoms with Crippen molar-refractivity contribution >= 4 is 39.3 Å². The topological polar surface area (TPSA) is 104 Å². The lowest BCUT2D eigenvalue weighted by Crippen LogP contribution is -2.47. The molecule has 0 aromatic heterocycles. The number of rotatable bonds is 7. The molecule has 10 heteroatoms. The van der Waals surface area contributed by atoms with E-state index in [0.717, 1.165) is 0 Å². The lowest BCUT2D eigenvalue weighted by atomic mass is 10.1. The summed E-state index contributed by atoms with van der Waals surface area (Å²) < 4.78 is 26.1. The Balaban J connectivity index is 1.80. The minimum atomic E-state index is -4.01. The van der Waals surface area contributed by atoms with E-state index >= 15 is 0 Å². The Labute approximate surface area is 185 Å². The van der Waals surface area contributed by atoms with Crippen molar-refractivity contribution in [3.05, 3.63) is 64.7 Å². The maximum absolute atomic E-state index is 13.0. The van der Waals surface area contributed by atoms with E-state index in [0.29, 0.717) is 14.9 Å². The van der Waals surface area contributed by atoms with Gasteiger partial charge in [-0.2, -0.15) is 0 Å². The van der Waals surface area contributed by atoms with Crippen LogP contribution in [-0.4, -0.2) is 55.0 Å². The summed E-state index contributed by atoms with van der Waals surface area (Å²) in [6.45, 7) is 1.31. The van der Waals surface area contributed by atoms with Crippen LogP contribution in [0.15, 0.2) is 53.4 Å². The minimum absolute atomic E-state index is 0.0635. The van der Waals surface area contributed by atoms with E-state index in [9.17, 15) is 22.8 Å². The van der Waals surface area contributed by atoms with Gasteiger partial charge in [0.25, 0.3) is 15.9 Å². The van der Waals surface area contributed by atoms with Crippen LogP contribution in [0.3, 0.4) is 0 Å². The van der Waals surface area contributed by atoms with Gasteiger partial charge in [-0.25, -0.2) is 12.7 Å². The molecule has 0 bridgehead atoms. The number of nitrogens with zero attached hydrogens (tertiary/aromatic N) is 2. The van der Waals surface area contributed by atoms with E-state index in [1.165, 1.54) is 30.1 Å². The summed E-state index contributed by atoms with van der Waals surface area (Å²) >= 11 is 6.21. The number of fused-ring (bicyclic) bond motifs is 1. The molecule has 31 heavy (non-hydrogen) atoms. The third-order valence-electron chi connectivity index (χ3n) is 5.15. The van der Waals surface area contributed by atoms with Crippen LogP contribution in [0.2, 0.25) is 5.02 Å². The number of halogens is 1. The predicted molar refractivity (Wildman–Crippen MR) is 115 cm³/mol. The van der Waals surface area contributed by atoms with Crippen molar-refractivity contribution in [2.75, 3.05) is 13.6 Å². The molecule has 1 aliphatic heterocycles. The molecule has 0 radical (unpaired) electrons. The highest BCUT2D eigenvalue weighted by atomic mass is 35.5. The molecule has 164 valence electrons. The molecule has 1 N–H and O–H groups in total. The highest BCUT2D eigenvalue weighted by molar-refractivity contribution is 7.90. The Kier molecular flexibility index (Phi) is 6.66. The second kappa shape index (κ2) is 9.07. The Morgan fingerprint density at radius 3 is 2.42 bits per heavy atom. The highest BCUT2D eigenvalue weighted by Crippen LogP contribution is 2.30. The summed E-state index contributed by atoms with van der Waals surface area (Å²) in [6.07, 6.45) is -0.273. The van der Waals surface area contributed by atoms with Crippen molar-refractivity contribution in [2.45, 2.75) is 30.8 Å². The molecule has 0 saturated carbocycles. The van der Waals surface area contributed by atoms with Crippen molar-refractivity contribution in [1.82, 2.24) is 14.5 Å². The predicted octanol–water partition coefficient (Wildman–Crippen LogP) is 2.04. The number of nitrogens with one attached hydrogen (secondary N) is 1. The quantitative estimate of drug-likeness (QED) is 0.676. The average Bonchev–Trinajstić information content (AvgIpc) is 2.96. The van der Waals surface area contributed by atoms with Crippen molar-refractivity contribution in [3.8, 4) is 0 Å². The molecule has 0 saturated heterocycles. The first kappa shape index (κ1) is 22.8. The summed E-state index contributed by atoms with van der Waals surface area (Å²) in [5.41, 5.74) is 0.729. The van der Waals surface area contributed by atoms with Gasteiger partial charge in [0, 0.05) is 31.6 Å². The molecular formula is C21H22ClN3O5S. The van der Waals surface area contributed by atoms with E-state index in [2.05, 4.69) is 5.32 Å². The minimum Gasteiger partial charge on any atom is -0.357 e. The molecule has 1 heterocycles. The Bertz CT molecular complexity index is 1140. The largest absolute Gasteiger partial charge is 0.357 e. The fourth-order valence-electron chi connectivity index (χ4n) is 3.39. The van der Waals surface area contributed by atoms with Crippen molar-refractivity contribution < 1.29 is 22.8 Å². The third kappa shape index (κ3) is 4.42. The number of likely N-dealkylation sites (N-methyl/N-ethyl adjacent to an activating group) is 1. The molecule has 0 fully saturated rings. The molecule has 2 aromatic carbocycles. The second-order valence-electron chi connectivity index (χ2n) is 7.03. The third-order valence-corrected chi connectivity index (χ3v) is 7.36. The van der Waals surface area contributed by atoms with Crippen molar-refractivity contribution in [3.63, 3.8) is 0 Å². The zero-order valence-electron chi connectivity index (χ0n) is 17.0. The van der Waals surface area contributed by atoms with Gasteiger partial charge in [0.2, 0.25) is 11.8 Å². The first-order chi connectivity index (χ1) is 14.7. The van der Waals surface area contributed by atoms with Crippen molar-refractivity contribution in [1.29, 1.82) is 0 Å². The van der Waals surface area contributed by atoms with Gasteiger partial charge >= 0.3 is 0 Å². The summed E-state index contributed by atoms with van der Waals surface area (Å²) in [4.78, 5) is 39.0. The number of carbonyl (C=O) groups excluding carboxylic acids is 3. The van der Waals surface area contributed by atoms with E-state index in [1.807, 2.05) is 0 Å².